The summed E-state index contributed by atoms with van der Waals surface area (Å²) in [6, 6.07) is 12.1. The van der Waals surface area contributed by atoms with Crippen molar-refractivity contribution in [1.29, 1.82) is 0 Å². The average molecular weight is 490 g/mol. The van der Waals surface area contributed by atoms with Crippen molar-refractivity contribution in [3.05, 3.63) is 53.3 Å². The number of rotatable bonds is 7. The van der Waals surface area contributed by atoms with Crippen molar-refractivity contribution in [2.75, 3.05) is 56.2 Å². The number of carbonyl (C=O) groups excluding carboxylic acids is 1. The number of nitrogens with zero attached hydrogens (tertiary/aromatic N) is 7. The summed E-state index contributed by atoms with van der Waals surface area (Å²) in [7, 11) is 1.67. The van der Waals surface area contributed by atoms with E-state index < -0.39 is 0 Å². The molecule has 190 valence electrons. The third-order valence-corrected chi connectivity index (χ3v) is 7.38. The number of methoxy groups -OCH3 is 1. The van der Waals surface area contributed by atoms with Gasteiger partial charge in [0, 0.05) is 57.1 Å². The number of benzene rings is 1. The SMILES string of the molecule is COc1ccc(N2CCN(C(=O)CCc3c(C)nn(-c4ccc(N5CCCC5)nn4)c3C)CC2)cc1. The first-order valence-electron chi connectivity index (χ1n) is 12.8. The zero-order valence-corrected chi connectivity index (χ0v) is 21.5. The van der Waals surface area contributed by atoms with Crippen LogP contribution in [0.3, 0.4) is 0 Å². The third kappa shape index (κ3) is 5.01. The number of ether oxygens (including phenoxy) is 1. The van der Waals surface area contributed by atoms with Crippen LogP contribution in [0, 0.1) is 13.8 Å². The highest BCUT2D eigenvalue weighted by atomic mass is 16.5. The fourth-order valence-corrected chi connectivity index (χ4v) is 5.20. The summed E-state index contributed by atoms with van der Waals surface area (Å²) in [6.45, 7) is 9.28. The second kappa shape index (κ2) is 10.6. The van der Waals surface area contributed by atoms with Crippen LogP contribution in [0.4, 0.5) is 11.5 Å². The maximum atomic E-state index is 13.0. The van der Waals surface area contributed by atoms with Gasteiger partial charge in [-0.15, -0.1) is 10.2 Å². The number of carbonyl (C=O) groups is 1. The van der Waals surface area contributed by atoms with E-state index in [1.54, 1.807) is 7.11 Å². The predicted molar refractivity (Wildman–Crippen MR) is 140 cm³/mol. The molecule has 2 saturated heterocycles. The Morgan fingerprint density at radius 3 is 2.17 bits per heavy atom. The van der Waals surface area contributed by atoms with E-state index in [4.69, 9.17) is 9.84 Å². The third-order valence-electron chi connectivity index (χ3n) is 7.38. The molecule has 9 heteroatoms. The molecular weight excluding hydrogens is 454 g/mol. The highest BCUT2D eigenvalue weighted by Gasteiger charge is 2.23. The molecule has 2 aliphatic rings. The number of hydrogen-bond acceptors (Lipinski definition) is 7. The van der Waals surface area contributed by atoms with Crippen LogP contribution in [0.25, 0.3) is 5.82 Å². The lowest BCUT2D eigenvalue weighted by Gasteiger charge is -2.36. The monoisotopic (exact) mass is 489 g/mol. The number of hydrogen-bond donors (Lipinski definition) is 0. The number of piperazine rings is 1. The minimum Gasteiger partial charge on any atom is -0.497 e. The Bertz CT molecular complexity index is 1180. The van der Waals surface area contributed by atoms with Gasteiger partial charge in [0.05, 0.1) is 12.8 Å². The topological polar surface area (TPSA) is 79.6 Å². The molecule has 0 spiro atoms. The molecule has 2 aromatic heterocycles. The molecule has 1 aromatic carbocycles. The minimum atomic E-state index is 0.200. The summed E-state index contributed by atoms with van der Waals surface area (Å²) in [5, 5.41) is 13.6. The molecule has 0 radical (unpaired) electrons. The Kier molecular flexibility index (Phi) is 7.06. The van der Waals surface area contributed by atoms with Gasteiger partial charge in [0.2, 0.25) is 5.91 Å². The molecule has 0 bridgehead atoms. The van der Waals surface area contributed by atoms with E-state index in [0.717, 1.165) is 73.5 Å². The summed E-state index contributed by atoms with van der Waals surface area (Å²) < 4.78 is 7.10. The van der Waals surface area contributed by atoms with E-state index >= 15 is 0 Å². The van der Waals surface area contributed by atoms with Crippen molar-refractivity contribution < 1.29 is 9.53 Å². The van der Waals surface area contributed by atoms with E-state index in [1.807, 2.05) is 47.7 Å². The molecule has 5 rings (SSSR count). The number of aryl methyl sites for hydroxylation is 1. The lowest BCUT2D eigenvalue weighted by atomic mass is 10.1. The van der Waals surface area contributed by atoms with Gasteiger partial charge in [-0.3, -0.25) is 4.79 Å². The van der Waals surface area contributed by atoms with Gasteiger partial charge in [0.1, 0.15) is 5.75 Å². The lowest BCUT2D eigenvalue weighted by molar-refractivity contribution is -0.131. The molecule has 0 N–H and O–H groups in total. The molecule has 2 fully saturated rings. The largest absolute Gasteiger partial charge is 0.497 e. The minimum absolute atomic E-state index is 0.200. The van der Waals surface area contributed by atoms with Crippen LogP contribution >= 0.6 is 0 Å². The molecule has 1 amide bonds. The van der Waals surface area contributed by atoms with Gasteiger partial charge in [-0.2, -0.15) is 5.10 Å². The van der Waals surface area contributed by atoms with Crippen LogP contribution in [0.15, 0.2) is 36.4 Å². The van der Waals surface area contributed by atoms with Crippen LogP contribution in [-0.2, 0) is 11.2 Å². The maximum absolute atomic E-state index is 13.0. The summed E-state index contributed by atoms with van der Waals surface area (Å²) in [4.78, 5) is 19.6. The van der Waals surface area contributed by atoms with Gasteiger partial charge in [-0.25, -0.2) is 4.68 Å². The van der Waals surface area contributed by atoms with Crippen molar-refractivity contribution in [1.82, 2.24) is 24.9 Å². The molecule has 3 aromatic rings. The van der Waals surface area contributed by atoms with Crippen molar-refractivity contribution in [2.24, 2.45) is 0 Å². The summed E-state index contributed by atoms with van der Waals surface area (Å²) in [6.07, 6.45) is 3.58. The van der Waals surface area contributed by atoms with Crippen LogP contribution in [-0.4, -0.2) is 77.2 Å². The van der Waals surface area contributed by atoms with Gasteiger partial charge in [-0.1, -0.05) is 0 Å². The molecule has 0 atom stereocenters. The van der Waals surface area contributed by atoms with Gasteiger partial charge >= 0.3 is 0 Å². The Balaban J connectivity index is 1.17. The average Bonchev–Trinajstić information content (AvgIpc) is 3.56. The quantitative estimate of drug-likeness (QED) is 0.504. The summed E-state index contributed by atoms with van der Waals surface area (Å²) in [5.41, 5.74) is 4.24. The molecule has 2 aliphatic heterocycles. The van der Waals surface area contributed by atoms with E-state index in [0.29, 0.717) is 18.7 Å². The molecule has 0 saturated carbocycles. The zero-order valence-electron chi connectivity index (χ0n) is 21.5. The van der Waals surface area contributed by atoms with Gasteiger partial charge in [0.15, 0.2) is 11.6 Å². The Hall–Kier alpha value is -3.62. The van der Waals surface area contributed by atoms with Crippen molar-refractivity contribution in [2.45, 2.75) is 39.5 Å². The Labute approximate surface area is 212 Å². The van der Waals surface area contributed by atoms with Crippen LogP contribution < -0.4 is 14.5 Å². The Morgan fingerprint density at radius 2 is 1.53 bits per heavy atom. The smallest absolute Gasteiger partial charge is 0.223 e. The molecule has 0 aliphatic carbocycles. The molecule has 0 unspecified atom stereocenters. The number of anilines is 2. The standard InChI is InChI=1S/C27H35N7O2/c1-20-24(21(2)34(30-20)26-12-11-25(28-29-26)32-14-4-5-15-32)10-13-27(35)33-18-16-31(17-19-33)22-6-8-23(36-3)9-7-22/h6-9,11-12H,4-5,10,13-19H2,1-3H3. The van der Waals surface area contributed by atoms with Crippen molar-refractivity contribution >= 4 is 17.4 Å². The van der Waals surface area contributed by atoms with Gasteiger partial charge in [0.25, 0.3) is 0 Å². The molecule has 4 heterocycles. The maximum Gasteiger partial charge on any atom is 0.223 e. The van der Waals surface area contributed by atoms with Crippen molar-refractivity contribution in [3.8, 4) is 11.6 Å². The second-order valence-electron chi connectivity index (χ2n) is 9.57. The summed E-state index contributed by atoms with van der Waals surface area (Å²) in [5.74, 6) is 2.69. The molecule has 9 nitrogen and oxygen atoms in total. The highest BCUT2D eigenvalue weighted by Crippen LogP contribution is 2.23. The van der Waals surface area contributed by atoms with E-state index in [-0.39, 0.29) is 5.91 Å². The highest BCUT2D eigenvalue weighted by molar-refractivity contribution is 5.77. The molecular formula is C27H35N7O2. The fourth-order valence-electron chi connectivity index (χ4n) is 5.20. The van der Waals surface area contributed by atoms with Crippen LogP contribution in [0.1, 0.15) is 36.2 Å². The van der Waals surface area contributed by atoms with Crippen LogP contribution in [0.2, 0.25) is 0 Å². The van der Waals surface area contributed by atoms with E-state index in [9.17, 15) is 4.79 Å². The van der Waals surface area contributed by atoms with Gasteiger partial charge < -0.3 is 19.4 Å². The number of aromatic nitrogens is 4. The zero-order chi connectivity index (χ0) is 25.1. The summed E-state index contributed by atoms with van der Waals surface area (Å²) >= 11 is 0. The lowest BCUT2D eigenvalue weighted by Crippen LogP contribution is -2.48. The normalized spacial score (nSPS) is 16.0. The van der Waals surface area contributed by atoms with Gasteiger partial charge in [-0.05, 0) is 75.1 Å². The second-order valence-corrected chi connectivity index (χ2v) is 9.57. The van der Waals surface area contributed by atoms with Crippen molar-refractivity contribution in [3.63, 3.8) is 0 Å². The molecule has 36 heavy (non-hydrogen) atoms. The first-order valence-corrected chi connectivity index (χ1v) is 12.8. The fraction of sp³-hybridized carbons (Fsp3) is 0.481. The Morgan fingerprint density at radius 1 is 0.861 bits per heavy atom. The van der Waals surface area contributed by atoms with E-state index in [2.05, 4.69) is 32.1 Å². The first kappa shape index (κ1) is 24.1. The first-order chi connectivity index (χ1) is 17.5. The predicted octanol–water partition coefficient (Wildman–Crippen LogP) is 3.17. The van der Waals surface area contributed by atoms with Crippen LogP contribution in [0.5, 0.6) is 5.75 Å². The number of amides is 1. The van der Waals surface area contributed by atoms with E-state index in [1.165, 1.54) is 12.8 Å².